The van der Waals surface area contributed by atoms with Gasteiger partial charge in [-0.1, -0.05) is 0 Å². The number of hydrogen-bond donors (Lipinski definition) is 2. The van der Waals surface area contributed by atoms with Gasteiger partial charge in [0.15, 0.2) is 17.6 Å². The molecule has 1 aromatic heterocycles. The summed E-state index contributed by atoms with van der Waals surface area (Å²) in [5.74, 6) is 1.32. The molecule has 0 aliphatic carbocycles. The zero-order valence-corrected chi connectivity index (χ0v) is 10.7. The predicted octanol–water partition coefficient (Wildman–Crippen LogP) is 0.516. The fourth-order valence-corrected chi connectivity index (χ4v) is 2.24. The lowest BCUT2D eigenvalue weighted by Crippen LogP contribution is -2.32. The number of rotatable bonds is 3. The van der Waals surface area contributed by atoms with E-state index in [1.54, 1.807) is 6.20 Å². The van der Waals surface area contributed by atoms with Crippen LogP contribution in [-0.4, -0.2) is 40.2 Å². The van der Waals surface area contributed by atoms with Crippen molar-refractivity contribution in [2.24, 2.45) is 5.73 Å². The van der Waals surface area contributed by atoms with Gasteiger partial charge in [0, 0.05) is 11.4 Å². The third kappa shape index (κ3) is 2.13. The van der Waals surface area contributed by atoms with E-state index >= 15 is 0 Å². The Labute approximate surface area is 110 Å². The molecule has 0 saturated heterocycles. The van der Waals surface area contributed by atoms with Gasteiger partial charge < -0.3 is 20.3 Å². The number of aliphatic hydroxyl groups is 1. The first kappa shape index (κ1) is 12.3. The lowest BCUT2D eigenvalue weighted by Gasteiger charge is -2.26. The van der Waals surface area contributed by atoms with Crippen LogP contribution in [0.1, 0.15) is 6.92 Å². The van der Waals surface area contributed by atoms with E-state index < -0.39 is 0 Å². The van der Waals surface area contributed by atoms with Crippen molar-refractivity contribution in [2.45, 2.75) is 25.6 Å². The van der Waals surface area contributed by atoms with E-state index in [0.29, 0.717) is 24.7 Å². The molecule has 3 rings (SSSR count). The van der Waals surface area contributed by atoms with Crippen molar-refractivity contribution >= 4 is 10.9 Å². The predicted molar refractivity (Wildman–Crippen MR) is 70.4 cm³/mol. The summed E-state index contributed by atoms with van der Waals surface area (Å²) in [5.41, 5.74) is 6.70. The molecular formula is C13H17N3O3. The molecule has 6 nitrogen and oxygen atoms in total. The van der Waals surface area contributed by atoms with Gasteiger partial charge in [-0.25, -0.2) is 0 Å². The number of ether oxygens (including phenoxy) is 2. The minimum absolute atomic E-state index is 0.00268. The third-order valence-corrected chi connectivity index (χ3v) is 3.09. The van der Waals surface area contributed by atoms with Crippen LogP contribution < -0.4 is 15.2 Å². The molecule has 0 fully saturated rings. The highest BCUT2D eigenvalue weighted by molar-refractivity contribution is 5.87. The molecule has 3 N–H and O–H groups in total. The molecule has 2 unspecified atom stereocenters. The zero-order chi connectivity index (χ0) is 13.4. The second kappa shape index (κ2) is 4.71. The SMILES string of the molecule is CC(N)Cn1ncc2ccc3c(c21)OC(CO)CO3. The van der Waals surface area contributed by atoms with Crippen LogP contribution in [0.2, 0.25) is 0 Å². The maximum Gasteiger partial charge on any atom is 0.187 e. The summed E-state index contributed by atoms with van der Waals surface area (Å²) < 4.78 is 13.2. The molecule has 2 heterocycles. The first-order valence-electron chi connectivity index (χ1n) is 6.33. The molecular weight excluding hydrogens is 246 g/mol. The molecule has 0 saturated carbocycles. The Balaban J connectivity index is 2.11. The Morgan fingerprint density at radius 2 is 2.42 bits per heavy atom. The molecule has 0 bridgehead atoms. The van der Waals surface area contributed by atoms with Gasteiger partial charge in [-0.15, -0.1) is 0 Å². The first-order valence-corrected chi connectivity index (χ1v) is 6.33. The van der Waals surface area contributed by atoms with Crippen LogP contribution in [0.5, 0.6) is 11.5 Å². The normalized spacial score (nSPS) is 19.6. The highest BCUT2D eigenvalue weighted by atomic mass is 16.6. The molecule has 1 aromatic carbocycles. The van der Waals surface area contributed by atoms with E-state index in [1.807, 2.05) is 23.7 Å². The van der Waals surface area contributed by atoms with Gasteiger partial charge in [0.1, 0.15) is 12.1 Å². The van der Waals surface area contributed by atoms with Gasteiger partial charge in [0.25, 0.3) is 0 Å². The Morgan fingerprint density at radius 3 is 3.16 bits per heavy atom. The molecule has 102 valence electrons. The fourth-order valence-electron chi connectivity index (χ4n) is 2.24. The smallest absolute Gasteiger partial charge is 0.187 e. The largest absolute Gasteiger partial charge is 0.486 e. The topological polar surface area (TPSA) is 82.5 Å². The molecule has 0 amide bonds. The van der Waals surface area contributed by atoms with Crippen LogP contribution in [0.4, 0.5) is 0 Å². The highest BCUT2D eigenvalue weighted by Crippen LogP contribution is 2.38. The second-order valence-electron chi connectivity index (χ2n) is 4.87. The van der Waals surface area contributed by atoms with Gasteiger partial charge in [-0.2, -0.15) is 5.10 Å². The number of nitrogens with zero attached hydrogens (tertiary/aromatic N) is 2. The quantitative estimate of drug-likeness (QED) is 0.843. The van der Waals surface area contributed by atoms with Crippen LogP contribution >= 0.6 is 0 Å². The van der Waals surface area contributed by atoms with Gasteiger partial charge in [-0.05, 0) is 19.1 Å². The standard InChI is InChI=1S/C13H17N3O3/c1-8(14)5-16-12-9(4-15-16)2-3-11-13(12)19-10(6-17)7-18-11/h2-4,8,10,17H,5-7,14H2,1H3. The molecule has 1 aliphatic rings. The Kier molecular flexibility index (Phi) is 3.04. The van der Waals surface area contributed by atoms with Crippen LogP contribution in [0, 0.1) is 0 Å². The third-order valence-electron chi connectivity index (χ3n) is 3.09. The minimum atomic E-state index is -0.336. The zero-order valence-electron chi connectivity index (χ0n) is 10.7. The van der Waals surface area contributed by atoms with Crippen molar-refractivity contribution in [1.82, 2.24) is 9.78 Å². The van der Waals surface area contributed by atoms with E-state index in [0.717, 1.165) is 10.9 Å². The Bertz CT molecular complexity index is 594. The summed E-state index contributed by atoms with van der Waals surface area (Å²) in [6, 6.07) is 3.81. The van der Waals surface area contributed by atoms with Gasteiger partial charge in [0.2, 0.25) is 0 Å². The Hall–Kier alpha value is -1.79. The molecule has 2 atom stereocenters. The highest BCUT2D eigenvalue weighted by Gasteiger charge is 2.24. The summed E-state index contributed by atoms with van der Waals surface area (Å²) in [5, 5.41) is 14.5. The summed E-state index contributed by atoms with van der Waals surface area (Å²) in [6.07, 6.45) is 1.45. The number of aromatic nitrogens is 2. The Morgan fingerprint density at radius 1 is 1.58 bits per heavy atom. The van der Waals surface area contributed by atoms with E-state index in [2.05, 4.69) is 5.10 Å². The van der Waals surface area contributed by atoms with Crippen molar-refractivity contribution < 1.29 is 14.6 Å². The van der Waals surface area contributed by atoms with E-state index in [9.17, 15) is 5.11 Å². The molecule has 0 radical (unpaired) electrons. The summed E-state index contributed by atoms with van der Waals surface area (Å²) in [7, 11) is 0. The van der Waals surface area contributed by atoms with Crippen molar-refractivity contribution in [1.29, 1.82) is 0 Å². The maximum absolute atomic E-state index is 9.21. The fraction of sp³-hybridized carbons (Fsp3) is 0.462. The number of nitrogens with two attached hydrogens (primary N) is 1. The number of aliphatic hydroxyl groups excluding tert-OH is 1. The minimum Gasteiger partial charge on any atom is -0.486 e. The van der Waals surface area contributed by atoms with Gasteiger partial charge >= 0.3 is 0 Å². The van der Waals surface area contributed by atoms with Crippen LogP contribution in [0.3, 0.4) is 0 Å². The maximum atomic E-state index is 9.21. The average Bonchev–Trinajstić information content (AvgIpc) is 2.81. The average molecular weight is 263 g/mol. The lowest BCUT2D eigenvalue weighted by atomic mass is 10.2. The second-order valence-corrected chi connectivity index (χ2v) is 4.87. The lowest BCUT2D eigenvalue weighted by molar-refractivity contribution is 0.0468. The number of benzene rings is 1. The van der Waals surface area contributed by atoms with Crippen molar-refractivity contribution in [2.75, 3.05) is 13.2 Å². The number of hydrogen-bond acceptors (Lipinski definition) is 5. The van der Waals surface area contributed by atoms with Crippen LogP contribution in [-0.2, 0) is 6.54 Å². The molecule has 6 heteroatoms. The first-order chi connectivity index (χ1) is 9.19. The van der Waals surface area contributed by atoms with Crippen molar-refractivity contribution in [3.8, 4) is 11.5 Å². The molecule has 2 aromatic rings. The van der Waals surface area contributed by atoms with Crippen molar-refractivity contribution in [3.63, 3.8) is 0 Å². The van der Waals surface area contributed by atoms with E-state index in [4.69, 9.17) is 15.2 Å². The van der Waals surface area contributed by atoms with E-state index in [-0.39, 0.29) is 18.8 Å². The summed E-state index contributed by atoms with van der Waals surface area (Å²) >= 11 is 0. The van der Waals surface area contributed by atoms with Gasteiger partial charge in [0.05, 0.1) is 19.3 Å². The van der Waals surface area contributed by atoms with Crippen molar-refractivity contribution in [3.05, 3.63) is 18.3 Å². The van der Waals surface area contributed by atoms with Crippen LogP contribution in [0.25, 0.3) is 10.9 Å². The summed E-state index contributed by atoms with van der Waals surface area (Å²) in [4.78, 5) is 0. The van der Waals surface area contributed by atoms with Gasteiger partial charge in [-0.3, -0.25) is 4.68 Å². The molecule has 1 aliphatic heterocycles. The van der Waals surface area contributed by atoms with Crippen LogP contribution in [0.15, 0.2) is 18.3 Å². The number of fused-ring (bicyclic) bond motifs is 3. The molecule has 19 heavy (non-hydrogen) atoms. The summed E-state index contributed by atoms with van der Waals surface area (Å²) in [6.45, 7) is 2.82. The monoisotopic (exact) mass is 263 g/mol. The molecule has 0 spiro atoms. The van der Waals surface area contributed by atoms with E-state index in [1.165, 1.54) is 0 Å².